The van der Waals surface area contributed by atoms with Crippen molar-refractivity contribution in [3.8, 4) is 5.75 Å². The lowest BCUT2D eigenvalue weighted by molar-refractivity contribution is 0.196. The minimum Gasteiger partial charge on any atom is -0.478 e. The number of hydrogen-bond donors (Lipinski definition) is 1. The van der Waals surface area contributed by atoms with E-state index in [1.165, 1.54) is 0 Å². The maximum atomic E-state index is 5.93. The molecule has 1 aromatic heterocycles. The lowest BCUT2D eigenvalue weighted by Gasteiger charge is -2.26. The van der Waals surface area contributed by atoms with Crippen molar-refractivity contribution < 1.29 is 4.74 Å². The van der Waals surface area contributed by atoms with Gasteiger partial charge in [-0.1, -0.05) is 12.1 Å². The summed E-state index contributed by atoms with van der Waals surface area (Å²) in [6, 6.07) is 7.91. The molecule has 0 bridgehead atoms. The number of aromatic nitrogens is 3. The normalized spacial score (nSPS) is 18.1. The Labute approximate surface area is 99.4 Å². The fraction of sp³-hybridized carbons (Fsp3) is 0.333. The Hall–Kier alpha value is -2.04. The molecule has 1 N–H and O–H groups in total. The zero-order valence-electron chi connectivity index (χ0n) is 9.84. The van der Waals surface area contributed by atoms with Crippen LogP contribution in [0.2, 0.25) is 0 Å². The minimum absolute atomic E-state index is 0.0869. The van der Waals surface area contributed by atoms with Crippen LogP contribution in [0, 0.1) is 6.92 Å². The molecule has 3 rings (SSSR count). The van der Waals surface area contributed by atoms with Crippen molar-refractivity contribution >= 4 is 5.69 Å². The van der Waals surface area contributed by atoms with E-state index in [1.54, 1.807) is 0 Å². The van der Waals surface area contributed by atoms with E-state index >= 15 is 0 Å². The topological polar surface area (TPSA) is 52.0 Å². The molecular formula is C12H14N4O. The second kappa shape index (κ2) is 3.76. The molecule has 1 aromatic carbocycles. The monoisotopic (exact) mass is 230 g/mol. The lowest BCUT2D eigenvalue weighted by Crippen LogP contribution is -2.26. The molecule has 2 heterocycles. The Bertz CT molecular complexity index is 549. The van der Waals surface area contributed by atoms with Crippen molar-refractivity contribution in [1.29, 1.82) is 0 Å². The van der Waals surface area contributed by atoms with Gasteiger partial charge in [0.2, 0.25) is 0 Å². The number of rotatable bonds is 1. The average molecular weight is 230 g/mol. The van der Waals surface area contributed by atoms with Crippen molar-refractivity contribution in [2.45, 2.75) is 13.0 Å². The van der Waals surface area contributed by atoms with Crippen LogP contribution < -0.4 is 10.1 Å². The van der Waals surface area contributed by atoms with Crippen molar-refractivity contribution in [2.24, 2.45) is 7.05 Å². The van der Waals surface area contributed by atoms with Crippen LogP contribution in [0.15, 0.2) is 24.3 Å². The molecule has 0 amide bonds. The molecule has 0 aliphatic carbocycles. The summed E-state index contributed by atoms with van der Waals surface area (Å²) >= 11 is 0. The average Bonchev–Trinajstić information content (AvgIpc) is 2.70. The van der Waals surface area contributed by atoms with Crippen LogP contribution in [0.1, 0.15) is 17.8 Å². The molecule has 2 aromatic rings. The van der Waals surface area contributed by atoms with E-state index in [0.29, 0.717) is 6.54 Å². The van der Waals surface area contributed by atoms with Gasteiger partial charge in [0.15, 0.2) is 11.9 Å². The van der Waals surface area contributed by atoms with E-state index in [-0.39, 0.29) is 6.10 Å². The molecule has 5 nitrogen and oxygen atoms in total. The van der Waals surface area contributed by atoms with Gasteiger partial charge >= 0.3 is 0 Å². The van der Waals surface area contributed by atoms with Gasteiger partial charge in [-0.15, -0.1) is 10.2 Å². The summed E-state index contributed by atoms with van der Waals surface area (Å²) in [4.78, 5) is 0. The number of ether oxygens (including phenoxy) is 1. The third-order valence-electron chi connectivity index (χ3n) is 3.05. The van der Waals surface area contributed by atoms with E-state index < -0.39 is 0 Å². The first kappa shape index (κ1) is 10.1. The molecule has 1 atom stereocenters. The van der Waals surface area contributed by atoms with E-state index in [2.05, 4.69) is 15.5 Å². The van der Waals surface area contributed by atoms with Gasteiger partial charge in [-0.2, -0.15) is 0 Å². The van der Waals surface area contributed by atoms with Gasteiger partial charge in [0.25, 0.3) is 0 Å². The molecule has 0 spiro atoms. The number of hydrogen-bond acceptors (Lipinski definition) is 4. The van der Waals surface area contributed by atoms with Crippen LogP contribution in [-0.4, -0.2) is 21.3 Å². The number of benzene rings is 1. The number of nitrogens with zero attached hydrogens (tertiary/aromatic N) is 3. The highest BCUT2D eigenvalue weighted by Gasteiger charge is 2.24. The first-order valence-electron chi connectivity index (χ1n) is 5.61. The standard InChI is InChI=1S/C12H14N4O/c1-8-14-15-12(16(8)2)11-7-13-9-5-3-4-6-10(9)17-11/h3-6,11,13H,7H2,1-2H3. The first-order chi connectivity index (χ1) is 8.25. The van der Waals surface area contributed by atoms with Gasteiger partial charge in [0, 0.05) is 7.05 Å². The van der Waals surface area contributed by atoms with Crippen LogP contribution in [0.5, 0.6) is 5.75 Å². The smallest absolute Gasteiger partial charge is 0.175 e. The fourth-order valence-electron chi connectivity index (χ4n) is 1.96. The summed E-state index contributed by atoms with van der Waals surface area (Å²) in [6.45, 7) is 2.64. The first-order valence-corrected chi connectivity index (χ1v) is 5.61. The molecule has 1 aliphatic rings. The quantitative estimate of drug-likeness (QED) is 0.809. The Morgan fingerprint density at radius 2 is 2.18 bits per heavy atom. The maximum Gasteiger partial charge on any atom is 0.175 e. The molecule has 88 valence electrons. The number of fused-ring (bicyclic) bond motifs is 1. The molecule has 0 saturated carbocycles. The highest BCUT2D eigenvalue weighted by molar-refractivity contribution is 5.57. The zero-order valence-corrected chi connectivity index (χ0v) is 9.84. The van der Waals surface area contributed by atoms with Crippen LogP contribution >= 0.6 is 0 Å². The van der Waals surface area contributed by atoms with Crippen molar-refractivity contribution in [3.63, 3.8) is 0 Å². The van der Waals surface area contributed by atoms with Crippen molar-refractivity contribution in [2.75, 3.05) is 11.9 Å². The van der Waals surface area contributed by atoms with E-state index in [9.17, 15) is 0 Å². The summed E-state index contributed by atoms with van der Waals surface area (Å²) in [5, 5.41) is 11.6. The molecule has 1 unspecified atom stereocenters. The van der Waals surface area contributed by atoms with E-state index in [1.807, 2.05) is 42.8 Å². The molecule has 5 heteroatoms. The van der Waals surface area contributed by atoms with Gasteiger partial charge in [-0.05, 0) is 19.1 Å². The summed E-state index contributed by atoms with van der Waals surface area (Å²) in [7, 11) is 1.95. The second-order valence-corrected chi connectivity index (χ2v) is 4.15. The molecule has 0 saturated heterocycles. The highest BCUT2D eigenvalue weighted by atomic mass is 16.5. The van der Waals surface area contributed by atoms with Crippen molar-refractivity contribution in [1.82, 2.24) is 14.8 Å². The summed E-state index contributed by atoms with van der Waals surface area (Å²) in [6.07, 6.45) is -0.0869. The fourth-order valence-corrected chi connectivity index (χ4v) is 1.96. The summed E-state index contributed by atoms with van der Waals surface area (Å²) in [5.41, 5.74) is 1.03. The number of nitrogens with one attached hydrogen (secondary N) is 1. The predicted octanol–water partition coefficient (Wildman–Crippen LogP) is 1.67. The van der Waals surface area contributed by atoms with Gasteiger partial charge in [-0.3, -0.25) is 0 Å². The number of para-hydroxylation sites is 2. The van der Waals surface area contributed by atoms with E-state index in [0.717, 1.165) is 23.1 Å². The largest absolute Gasteiger partial charge is 0.478 e. The third-order valence-corrected chi connectivity index (χ3v) is 3.05. The van der Waals surface area contributed by atoms with Gasteiger partial charge in [0.05, 0.1) is 12.2 Å². The molecule has 1 aliphatic heterocycles. The van der Waals surface area contributed by atoms with Crippen molar-refractivity contribution in [3.05, 3.63) is 35.9 Å². The Morgan fingerprint density at radius 1 is 1.35 bits per heavy atom. The Balaban J connectivity index is 1.92. The lowest BCUT2D eigenvalue weighted by atomic mass is 10.2. The maximum absolute atomic E-state index is 5.93. The molecular weight excluding hydrogens is 216 g/mol. The minimum atomic E-state index is -0.0869. The number of anilines is 1. The van der Waals surface area contributed by atoms with Crippen LogP contribution in [0.3, 0.4) is 0 Å². The van der Waals surface area contributed by atoms with Gasteiger partial charge < -0.3 is 14.6 Å². The highest BCUT2D eigenvalue weighted by Crippen LogP contribution is 2.32. The van der Waals surface area contributed by atoms with E-state index in [4.69, 9.17) is 4.74 Å². The SMILES string of the molecule is Cc1nnc(C2CNc3ccccc3O2)n1C. The zero-order chi connectivity index (χ0) is 11.8. The molecule has 0 radical (unpaired) electrons. The van der Waals surface area contributed by atoms with Gasteiger partial charge in [0.1, 0.15) is 11.6 Å². The van der Waals surface area contributed by atoms with Crippen LogP contribution in [-0.2, 0) is 7.05 Å². The third kappa shape index (κ3) is 1.63. The van der Waals surface area contributed by atoms with Gasteiger partial charge in [-0.25, -0.2) is 0 Å². The van der Waals surface area contributed by atoms with Crippen LogP contribution in [0.25, 0.3) is 0 Å². The predicted molar refractivity (Wildman–Crippen MR) is 64.0 cm³/mol. The number of aryl methyl sites for hydroxylation is 1. The Morgan fingerprint density at radius 3 is 2.94 bits per heavy atom. The Kier molecular flexibility index (Phi) is 2.24. The summed E-state index contributed by atoms with van der Waals surface area (Å²) in [5.74, 6) is 2.61. The molecule has 0 fully saturated rings. The summed E-state index contributed by atoms with van der Waals surface area (Å²) < 4.78 is 7.88. The molecule has 17 heavy (non-hydrogen) atoms. The van der Waals surface area contributed by atoms with Crippen LogP contribution in [0.4, 0.5) is 5.69 Å². The second-order valence-electron chi connectivity index (χ2n) is 4.15.